The van der Waals surface area contributed by atoms with Gasteiger partial charge in [0.05, 0.1) is 0 Å². The first-order valence-electron chi connectivity index (χ1n) is 8.99. The molecule has 1 aliphatic carbocycles. The van der Waals surface area contributed by atoms with Crippen molar-refractivity contribution >= 4 is 12.1 Å². The van der Waals surface area contributed by atoms with Crippen LogP contribution in [0.5, 0.6) is 0 Å². The summed E-state index contributed by atoms with van der Waals surface area (Å²) in [6.45, 7) is 6.58. The van der Waals surface area contributed by atoms with Crippen LogP contribution in [0.15, 0.2) is 12.1 Å². The van der Waals surface area contributed by atoms with E-state index >= 15 is 0 Å². The number of carboxylic acids is 1. The standard InChI is InChI=1S/C19H24F2N2O4/c1-18(2,3)27-17(26)22-6-8-23(9-7-22)19(16(24)25)5-4-12-10-14(20)15(21)11-13(12)19/h10-11H,4-9H2,1-3H3,(H,24,25). The van der Waals surface area contributed by atoms with E-state index in [-0.39, 0.29) is 6.42 Å². The fraction of sp³-hybridized carbons (Fsp3) is 0.579. The number of benzene rings is 1. The van der Waals surface area contributed by atoms with Crippen LogP contribution in [0.2, 0.25) is 0 Å². The Labute approximate surface area is 156 Å². The average molecular weight is 382 g/mol. The highest BCUT2D eigenvalue weighted by atomic mass is 19.2. The lowest BCUT2D eigenvalue weighted by Gasteiger charge is -2.43. The number of aryl methyl sites for hydroxylation is 1. The third-order valence-electron chi connectivity index (χ3n) is 5.17. The van der Waals surface area contributed by atoms with E-state index in [0.717, 1.165) is 12.1 Å². The summed E-state index contributed by atoms with van der Waals surface area (Å²) < 4.78 is 32.7. The van der Waals surface area contributed by atoms with Crippen LogP contribution in [0.3, 0.4) is 0 Å². The first-order chi connectivity index (χ1) is 12.5. The highest BCUT2D eigenvalue weighted by Gasteiger charge is 2.51. The molecule has 8 heteroatoms. The lowest BCUT2D eigenvalue weighted by atomic mass is 9.88. The van der Waals surface area contributed by atoms with Crippen molar-refractivity contribution < 1.29 is 28.2 Å². The highest BCUT2D eigenvalue weighted by molar-refractivity contribution is 5.83. The van der Waals surface area contributed by atoms with Gasteiger partial charge in [-0.15, -0.1) is 0 Å². The fourth-order valence-corrected chi connectivity index (χ4v) is 3.91. The number of carbonyl (C=O) groups excluding carboxylic acids is 1. The Bertz CT molecular complexity index is 770. The van der Waals surface area contributed by atoms with Gasteiger partial charge in [0.2, 0.25) is 0 Å². The number of fused-ring (bicyclic) bond motifs is 1. The molecule has 1 fully saturated rings. The maximum Gasteiger partial charge on any atom is 0.410 e. The summed E-state index contributed by atoms with van der Waals surface area (Å²) in [7, 11) is 0. The molecule has 1 aromatic carbocycles. The number of carboxylic acid groups (broad SMARTS) is 1. The van der Waals surface area contributed by atoms with Crippen molar-refractivity contribution in [3.8, 4) is 0 Å². The summed E-state index contributed by atoms with van der Waals surface area (Å²) in [5, 5.41) is 9.99. The van der Waals surface area contributed by atoms with Crippen LogP contribution < -0.4 is 0 Å². The van der Waals surface area contributed by atoms with Crippen molar-refractivity contribution in [2.24, 2.45) is 0 Å². The van der Waals surface area contributed by atoms with Gasteiger partial charge in [0.25, 0.3) is 0 Å². The predicted molar refractivity (Wildman–Crippen MR) is 93.4 cm³/mol. The third-order valence-corrected chi connectivity index (χ3v) is 5.17. The normalized spacial score (nSPS) is 23.2. The van der Waals surface area contributed by atoms with E-state index in [1.54, 1.807) is 30.6 Å². The Balaban J connectivity index is 1.81. The van der Waals surface area contributed by atoms with Crippen molar-refractivity contribution in [2.45, 2.75) is 44.8 Å². The number of rotatable bonds is 2. The van der Waals surface area contributed by atoms with Gasteiger partial charge in [-0.1, -0.05) is 0 Å². The number of carbonyl (C=O) groups is 2. The van der Waals surface area contributed by atoms with E-state index in [0.29, 0.717) is 43.7 Å². The number of hydrogen-bond donors (Lipinski definition) is 1. The van der Waals surface area contributed by atoms with Crippen molar-refractivity contribution in [3.63, 3.8) is 0 Å². The second-order valence-corrected chi connectivity index (χ2v) is 8.04. The van der Waals surface area contributed by atoms with E-state index in [1.165, 1.54) is 0 Å². The van der Waals surface area contributed by atoms with Gasteiger partial charge in [0, 0.05) is 26.2 Å². The average Bonchev–Trinajstić information content (AvgIpc) is 2.93. The Morgan fingerprint density at radius 1 is 1.11 bits per heavy atom. The number of piperazine rings is 1. The molecule has 1 amide bonds. The molecule has 0 aromatic heterocycles. The molecular weight excluding hydrogens is 358 g/mol. The lowest BCUT2D eigenvalue weighted by Crippen LogP contribution is -2.59. The van der Waals surface area contributed by atoms with Crippen molar-refractivity contribution in [1.82, 2.24) is 9.80 Å². The summed E-state index contributed by atoms with van der Waals surface area (Å²) >= 11 is 0. The second-order valence-electron chi connectivity index (χ2n) is 8.04. The van der Waals surface area contributed by atoms with E-state index < -0.39 is 34.8 Å². The minimum Gasteiger partial charge on any atom is -0.480 e. The molecule has 2 aliphatic rings. The summed E-state index contributed by atoms with van der Waals surface area (Å²) in [5.41, 5.74) is -1.18. The number of ether oxygens (including phenoxy) is 1. The molecule has 148 valence electrons. The van der Waals surface area contributed by atoms with Crippen molar-refractivity contribution in [3.05, 3.63) is 34.9 Å². The van der Waals surface area contributed by atoms with Gasteiger partial charge in [-0.25, -0.2) is 18.4 Å². The van der Waals surface area contributed by atoms with Gasteiger partial charge in [-0.2, -0.15) is 0 Å². The molecule has 1 heterocycles. The molecule has 1 aliphatic heterocycles. The van der Waals surface area contributed by atoms with Crippen LogP contribution in [-0.2, 0) is 21.5 Å². The summed E-state index contributed by atoms with van der Waals surface area (Å²) in [6.07, 6.45) is 0.171. The zero-order valence-corrected chi connectivity index (χ0v) is 15.7. The van der Waals surface area contributed by atoms with Crippen molar-refractivity contribution in [1.29, 1.82) is 0 Å². The second kappa shape index (κ2) is 6.74. The first kappa shape index (κ1) is 19.5. The number of nitrogens with zero attached hydrogens (tertiary/aromatic N) is 2. The zero-order valence-electron chi connectivity index (χ0n) is 15.7. The third kappa shape index (κ3) is 3.50. The predicted octanol–water partition coefficient (Wildman–Crippen LogP) is 2.74. The van der Waals surface area contributed by atoms with Gasteiger partial charge in [0.15, 0.2) is 11.6 Å². The maximum absolute atomic E-state index is 13.8. The van der Waals surface area contributed by atoms with Gasteiger partial charge in [0.1, 0.15) is 11.1 Å². The molecule has 27 heavy (non-hydrogen) atoms. The first-order valence-corrected chi connectivity index (χ1v) is 8.99. The van der Waals surface area contributed by atoms with Gasteiger partial charge in [-0.3, -0.25) is 4.90 Å². The van der Waals surface area contributed by atoms with Gasteiger partial charge in [-0.05, 0) is 56.9 Å². The molecule has 0 radical (unpaired) electrons. The molecular formula is C19H24F2N2O4. The smallest absolute Gasteiger partial charge is 0.410 e. The number of amides is 1. The van der Waals surface area contributed by atoms with E-state index in [9.17, 15) is 23.5 Å². The summed E-state index contributed by atoms with van der Waals surface area (Å²) in [5.74, 6) is -3.10. The minimum atomic E-state index is -1.40. The van der Waals surface area contributed by atoms with Gasteiger partial charge < -0.3 is 14.7 Å². The highest BCUT2D eigenvalue weighted by Crippen LogP contribution is 2.43. The molecule has 1 aromatic rings. The van der Waals surface area contributed by atoms with Crippen LogP contribution in [0.1, 0.15) is 38.3 Å². The van der Waals surface area contributed by atoms with Gasteiger partial charge >= 0.3 is 12.1 Å². The van der Waals surface area contributed by atoms with E-state index in [1.807, 2.05) is 0 Å². The molecule has 0 saturated carbocycles. The minimum absolute atomic E-state index is 0.243. The van der Waals surface area contributed by atoms with E-state index in [4.69, 9.17) is 4.74 Å². The van der Waals surface area contributed by atoms with E-state index in [2.05, 4.69) is 0 Å². The molecule has 1 unspecified atom stereocenters. The zero-order chi connectivity index (χ0) is 20.0. The summed E-state index contributed by atoms with van der Waals surface area (Å²) in [4.78, 5) is 27.7. The van der Waals surface area contributed by atoms with Crippen LogP contribution in [0.25, 0.3) is 0 Å². The van der Waals surface area contributed by atoms with Crippen LogP contribution in [0.4, 0.5) is 13.6 Å². The maximum atomic E-state index is 13.8. The molecule has 6 nitrogen and oxygen atoms in total. The van der Waals surface area contributed by atoms with Crippen molar-refractivity contribution in [2.75, 3.05) is 26.2 Å². The Morgan fingerprint density at radius 2 is 1.70 bits per heavy atom. The van der Waals surface area contributed by atoms with Crippen LogP contribution in [0, 0.1) is 11.6 Å². The van der Waals surface area contributed by atoms with Crippen LogP contribution in [-0.4, -0.2) is 58.7 Å². The van der Waals surface area contributed by atoms with Crippen LogP contribution >= 0.6 is 0 Å². The molecule has 0 spiro atoms. The Kier molecular flexibility index (Phi) is 4.88. The summed E-state index contributed by atoms with van der Waals surface area (Å²) in [6, 6.07) is 2.10. The Hall–Kier alpha value is -2.22. The lowest BCUT2D eigenvalue weighted by molar-refractivity contribution is -0.154. The molecule has 3 rings (SSSR count). The number of aliphatic carboxylic acids is 1. The molecule has 1 atom stereocenters. The topological polar surface area (TPSA) is 70.1 Å². The molecule has 1 N–H and O–H groups in total. The SMILES string of the molecule is CC(C)(C)OC(=O)N1CCN(C2(C(=O)O)CCc3cc(F)c(F)cc32)CC1. The Morgan fingerprint density at radius 3 is 2.26 bits per heavy atom. The number of halogens is 2. The molecule has 1 saturated heterocycles. The largest absolute Gasteiger partial charge is 0.480 e. The monoisotopic (exact) mass is 382 g/mol. The fourth-order valence-electron chi connectivity index (χ4n) is 3.91. The quantitative estimate of drug-likeness (QED) is 0.852. The number of hydrogen-bond acceptors (Lipinski definition) is 4. The molecule has 0 bridgehead atoms.